The number of nitrogens with zero attached hydrogens (tertiary/aromatic N) is 2. The number of aromatic nitrogens is 1. The van der Waals surface area contributed by atoms with Crippen molar-refractivity contribution in [1.82, 2.24) is 4.98 Å². The first-order valence-corrected chi connectivity index (χ1v) is 6.75. The van der Waals surface area contributed by atoms with Crippen molar-refractivity contribution in [2.75, 3.05) is 18.5 Å². The minimum absolute atomic E-state index is 0.0744. The number of hydrogen-bond donors (Lipinski definition) is 0. The summed E-state index contributed by atoms with van der Waals surface area (Å²) in [5, 5.41) is 2.09. The van der Waals surface area contributed by atoms with E-state index in [2.05, 4.69) is 27.4 Å². The fourth-order valence-corrected chi connectivity index (χ4v) is 2.39. The molecule has 3 nitrogen and oxygen atoms in total. The van der Waals surface area contributed by atoms with Gasteiger partial charge in [-0.1, -0.05) is 6.07 Å². The molecule has 0 aliphatic heterocycles. The highest BCUT2D eigenvalue weighted by molar-refractivity contribution is 7.09. The summed E-state index contributed by atoms with van der Waals surface area (Å²) in [4.78, 5) is 19.1. The summed E-state index contributed by atoms with van der Waals surface area (Å²) in [5.74, 6) is 0.921. The molecule has 0 unspecified atom stereocenters. The molecule has 0 saturated carbocycles. The van der Waals surface area contributed by atoms with Crippen molar-refractivity contribution in [3.05, 3.63) is 46.3 Å². The molecule has 0 fully saturated rings. The summed E-state index contributed by atoms with van der Waals surface area (Å²) in [7, 11) is 2.00. The highest BCUT2D eigenvalue weighted by atomic mass is 32.1. The van der Waals surface area contributed by atoms with Crippen LogP contribution in [0.1, 0.15) is 22.2 Å². The lowest BCUT2D eigenvalue weighted by atomic mass is 10.2. The smallest absolute Gasteiger partial charge is 0.159 e. The van der Waals surface area contributed by atoms with Gasteiger partial charge < -0.3 is 4.90 Å². The topological polar surface area (TPSA) is 33.2 Å². The third-order valence-corrected chi connectivity index (χ3v) is 3.75. The molecule has 0 amide bonds. The lowest BCUT2D eigenvalue weighted by Gasteiger charge is -2.17. The zero-order valence-corrected chi connectivity index (χ0v) is 11.4. The Hall–Kier alpha value is -1.68. The van der Waals surface area contributed by atoms with E-state index in [1.54, 1.807) is 30.5 Å². The van der Waals surface area contributed by atoms with Crippen molar-refractivity contribution in [2.45, 2.75) is 13.3 Å². The Morgan fingerprint density at radius 2 is 2.28 bits per heavy atom. The van der Waals surface area contributed by atoms with E-state index in [-0.39, 0.29) is 5.78 Å². The van der Waals surface area contributed by atoms with Gasteiger partial charge in [0.1, 0.15) is 5.82 Å². The van der Waals surface area contributed by atoms with Gasteiger partial charge in [-0.25, -0.2) is 4.98 Å². The Kier molecular flexibility index (Phi) is 4.10. The second kappa shape index (κ2) is 5.78. The molecule has 0 aliphatic rings. The van der Waals surface area contributed by atoms with Gasteiger partial charge in [-0.3, -0.25) is 4.79 Å². The lowest BCUT2D eigenvalue weighted by Crippen LogP contribution is -2.21. The zero-order chi connectivity index (χ0) is 13.0. The lowest BCUT2D eigenvalue weighted by molar-refractivity contribution is 0.101. The van der Waals surface area contributed by atoms with Crippen LogP contribution in [0, 0.1) is 0 Å². The summed E-state index contributed by atoms with van der Waals surface area (Å²) >= 11 is 1.77. The Balaban J connectivity index is 2.02. The van der Waals surface area contributed by atoms with E-state index in [9.17, 15) is 4.79 Å². The number of rotatable bonds is 5. The summed E-state index contributed by atoms with van der Waals surface area (Å²) in [6.45, 7) is 2.47. The summed E-state index contributed by atoms with van der Waals surface area (Å²) in [5.41, 5.74) is 0.711. The number of thiophene rings is 1. The fourth-order valence-electron chi connectivity index (χ4n) is 1.69. The molecule has 0 atom stereocenters. The van der Waals surface area contributed by atoms with E-state index in [0.29, 0.717) is 5.56 Å². The van der Waals surface area contributed by atoms with Crippen LogP contribution in [0.25, 0.3) is 0 Å². The van der Waals surface area contributed by atoms with Crippen LogP contribution in [0.4, 0.5) is 5.82 Å². The van der Waals surface area contributed by atoms with E-state index in [0.717, 1.165) is 18.8 Å². The minimum Gasteiger partial charge on any atom is -0.359 e. The third kappa shape index (κ3) is 3.17. The quantitative estimate of drug-likeness (QED) is 0.775. The minimum atomic E-state index is 0.0744. The molecule has 0 aromatic carbocycles. The van der Waals surface area contributed by atoms with Crippen LogP contribution in [0.5, 0.6) is 0 Å². The van der Waals surface area contributed by atoms with E-state index in [4.69, 9.17) is 0 Å². The van der Waals surface area contributed by atoms with Gasteiger partial charge in [0.25, 0.3) is 0 Å². The molecule has 0 spiro atoms. The molecule has 18 heavy (non-hydrogen) atoms. The molecule has 2 heterocycles. The predicted octanol–water partition coefficient (Wildman–Crippen LogP) is 3.02. The first kappa shape index (κ1) is 12.8. The summed E-state index contributed by atoms with van der Waals surface area (Å²) < 4.78 is 0. The van der Waals surface area contributed by atoms with E-state index < -0.39 is 0 Å². The van der Waals surface area contributed by atoms with Crippen LogP contribution in [0.3, 0.4) is 0 Å². The maximum absolute atomic E-state index is 11.3. The molecule has 4 heteroatoms. The molecule has 2 rings (SSSR count). The number of anilines is 1. The third-order valence-electron chi connectivity index (χ3n) is 2.82. The molecule has 0 radical (unpaired) electrons. The molecular weight excluding hydrogens is 244 g/mol. The number of hydrogen-bond acceptors (Lipinski definition) is 4. The Morgan fingerprint density at radius 1 is 1.44 bits per heavy atom. The van der Waals surface area contributed by atoms with Crippen molar-refractivity contribution < 1.29 is 4.79 Å². The van der Waals surface area contributed by atoms with Crippen LogP contribution in [0.15, 0.2) is 35.8 Å². The molecule has 2 aromatic rings. The zero-order valence-electron chi connectivity index (χ0n) is 10.6. The molecule has 2 aromatic heterocycles. The number of pyridine rings is 1. The Bertz CT molecular complexity index is 522. The van der Waals surface area contributed by atoms with Crippen LogP contribution in [-0.2, 0) is 6.42 Å². The summed E-state index contributed by atoms with van der Waals surface area (Å²) in [6.07, 6.45) is 2.69. The Labute approximate surface area is 111 Å². The van der Waals surface area contributed by atoms with Gasteiger partial charge >= 0.3 is 0 Å². The number of ketones is 1. The van der Waals surface area contributed by atoms with Gasteiger partial charge in [0.15, 0.2) is 5.78 Å². The number of carbonyl (C=O) groups is 1. The van der Waals surface area contributed by atoms with Crippen LogP contribution < -0.4 is 4.90 Å². The largest absolute Gasteiger partial charge is 0.359 e. The first-order chi connectivity index (χ1) is 8.66. The second-order valence-corrected chi connectivity index (χ2v) is 5.24. The summed E-state index contributed by atoms with van der Waals surface area (Å²) in [6, 6.07) is 7.79. The fraction of sp³-hybridized carbons (Fsp3) is 0.286. The number of carbonyl (C=O) groups excluding carboxylic acids is 1. The highest BCUT2D eigenvalue weighted by Crippen LogP contribution is 2.14. The van der Waals surface area contributed by atoms with Gasteiger partial charge in [-0.2, -0.15) is 0 Å². The van der Waals surface area contributed by atoms with Gasteiger partial charge in [0, 0.05) is 30.2 Å². The Morgan fingerprint density at radius 3 is 2.94 bits per heavy atom. The first-order valence-electron chi connectivity index (χ1n) is 5.87. The van der Waals surface area contributed by atoms with E-state index in [1.807, 2.05) is 13.1 Å². The van der Waals surface area contributed by atoms with Crippen LogP contribution in [0.2, 0.25) is 0 Å². The average molecular weight is 260 g/mol. The molecular formula is C14H16N2OS. The van der Waals surface area contributed by atoms with Crippen molar-refractivity contribution >= 4 is 22.9 Å². The monoisotopic (exact) mass is 260 g/mol. The molecule has 94 valence electrons. The van der Waals surface area contributed by atoms with Gasteiger partial charge in [0.2, 0.25) is 0 Å². The van der Waals surface area contributed by atoms with E-state index >= 15 is 0 Å². The average Bonchev–Trinajstić information content (AvgIpc) is 2.89. The van der Waals surface area contributed by atoms with Gasteiger partial charge in [-0.05, 0) is 36.9 Å². The maximum atomic E-state index is 11.3. The van der Waals surface area contributed by atoms with Crippen molar-refractivity contribution in [1.29, 1.82) is 0 Å². The van der Waals surface area contributed by atoms with Crippen molar-refractivity contribution in [3.63, 3.8) is 0 Å². The highest BCUT2D eigenvalue weighted by Gasteiger charge is 2.06. The van der Waals surface area contributed by atoms with Gasteiger partial charge in [0.05, 0.1) is 0 Å². The standard InChI is InChI=1S/C14H16N2OS/c1-11(17)12-5-7-15-14(10-12)16(2)8-6-13-4-3-9-18-13/h3-5,7,9-10H,6,8H2,1-2H3. The maximum Gasteiger partial charge on any atom is 0.159 e. The van der Waals surface area contributed by atoms with Gasteiger partial charge in [-0.15, -0.1) is 11.3 Å². The van der Waals surface area contributed by atoms with Crippen LogP contribution in [-0.4, -0.2) is 24.4 Å². The molecule has 0 bridgehead atoms. The predicted molar refractivity (Wildman–Crippen MR) is 75.5 cm³/mol. The SMILES string of the molecule is CC(=O)c1ccnc(N(C)CCc2cccs2)c1. The normalized spacial score (nSPS) is 10.3. The molecule has 0 aliphatic carbocycles. The molecule has 0 N–H and O–H groups in total. The number of likely N-dealkylation sites (N-methyl/N-ethyl adjacent to an activating group) is 1. The van der Waals surface area contributed by atoms with Crippen LogP contribution >= 0.6 is 11.3 Å². The number of Topliss-reactive ketones (excluding diaryl/α,β-unsaturated/α-hetero) is 1. The molecule has 0 saturated heterocycles. The van der Waals surface area contributed by atoms with Crippen molar-refractivity contribution in [3.8, 4) is 0 Å². The second-order valence-electron chi connectivity index (χ2n) is 4.21. The van der Waals surface area contributed by atoms with E-state index in [1.165, 1.54) is 4.88 Å². The van der Waals surface area contributed by atoms with Crippen molar-refractivity contribution in [2.24, 2.45) is 0 Å².